The molecule has 0 aliphatic carbocycles. The SMILES string of the molecule is CCC(C)CNc1ncc(N)c(C)c1Br. The Morgan fingerprint density at radius 2 is 2.27 bits per heavy atom. The Bertz CT molecular complexity index is 339. The van der Waals surface area contributed by atoms with Crippen molar-refractivity contribution in [2.24, 2.45) is 5.92 Å². The fourth-order valence-electron chi connectivity index (χ4n) is 1.13. The molecule has 0 aliphatic rings. The average molecular weight is 272 g/mol. The summed E-state index contributed by atoms with van der Waals surface area (Å²) in [5.74, 6) is 1.53. The first-order valence-electron chi connectivity index (χ1n) is 5.20. The molecule has 0 aromatic carbocycles. The number of pyridine rings is 1. The third-order valence-electron chi connectivity index (χ3n) is 2.62. The van der Waals surface area contributed by atoms with E-state index in [1.54, 1.807) is 6.20 Å². The van der Waals surface area contributed by atoms with E-state index >= 15 is 0 Å². The van der Waals surface area contributed by atoms with E-state index in [1.807, 2.05) is 6.92 Å². The van der Waals surface area contributed by atoms with E-state index in [1.165, 1.54) is 6.42 Å². The van der Waals surface area contributed by atoms with Gasteiger partial charge in [0, 0.05) is 6.54 Å². The van der Waals surface area contributed by atoms with Gasteiger partial charge in [-0.05, 0) is 34.3 Å². The molecule has 1 heterocycles. The van der Waals surface area contributed by atoms with Crippen LogP contribution in [0, 0.1) is 12.8 Å². The maximum atomic E-state index is 5.75. The second kappa shape index (κ2) is 5.35. The minimum atomic E-state index is 0.650. The van der Waals surface area contributed by atoms with Crippen LogP contribution in [0.5, 0.6) is 0 Å². The van der Waals surface area contributed by atoms with Crippen molar-refractivity contribution in [3.8, 4) is 0 Å². The van der Waals surface area contributed by atoms with E-state index in [0.717, 1.165) is 28.1 Å². The smallest absolute Gasteiger partial charge is 0.140 e. The lowest BCUT2D eigenvalue weighted by atomic mass is 10.1. The Morgan fingerprint density at radius 1 is 1.60 bits per heavy atom. The molecule has 0 spiro atoms. The van der Waals surface area contributed by atoms with E-state index in [4.69, 9.17) is 5.73 Å². The monoisotopic (exact) mass is 271 g/mol. The van der Waals surface area contributed by atoms with Crippen molar-refractivity contribution in [2.75, 3.05) is 17.6 Å². The zero-order valence-electron chi connectivity index (χ0n) is 9.47. The minimum absolute atomic E-state index is 0.650. The van der Waals surface area contributed by atoms with Crippen molar-refractivity contribution in [3.63, 3.8) is 0 Å². The lowest BCUT2D eigenvalue weighted by Crippen LogP contribution is -2.12. The Morgan fingerprint density at radius 3 is 2.87 bits per heavy atom. The fraction of sp³-hybridized carbons (Fsp3) is 0.545. The topological polar surface area (TPSA) is 50.9 Å². The first-order chi connectivity index (χ1) is 7.06. The molecule has 3 N–H and O–H groups in total. The molecule has 0 radical (unpaired) electrons. The maximum absolute atomic E-state index is 5.75. The van der Waals surface area contributed by atoms with E-state index in [0.29, 0.717) is 5.92 Å². The number of nitrogens with two attached hydrogens (primary N) is 1. The van der Waals surface area contributed by atoms with Gasteiger partial charge in [-0.3, -0.25) is 0 Å². The summed E-state index contributed by atoms with van der Waals surface area (Å²) >= 11 is 3.50. The molecule has 0 amide bonds. The van der Waals surface area contributed by atoms with Crippen molar-refractivity contribution in [3.05, 3.63) is 16.2 Å². The summed E-state index contributed by atoms with van der Waals surface area (Å²) in [6, 6.07) is 0. The van der Waals surface area contributed by atoms with Gasteiger partial charge in [-0.15, -0.1) is 0 Å². The van der Waals surface area contributed by atoms with E-state index in [2.05, 4.69) is 40.1 Å². The van der Waals surface area contributed by atoms with Crippen LogP contribution in [0.3, 0.4) is 0 Å². The molecule has 15 heavy (non-hydrogen) atoms. The minimum Gasteiger partial charge on any atom is -0.397 e. The van der Waals surface area contributed by atoms with Gasteiger partial charge in [0.15, 0.2) is 0 Å². The number of halogens is 1. The number of aromatic nitrogens is 1. The van der Waals surface area contributed by atoms with Crippen molar-refractivity contribution in [2.45, 2.75) is 27.2 Å². The molecule has 1 unspecified atom stereocenters. The van der Waals surface area contributed by atoms with Gasteiger partial charge in [0.05, 0.1) is 16.4 Å². The van der Waals surface area contributed by atoms with Gasteiger partial charge in [0.2, 0.25) is 0 Å². The number of nitrogens with one attached hydrogen (secondary N) is 1. The van der Waals surface area contributed by atoms with Gasteiger partial charge in [0.1, 0.15) is 5.82 Å². The number of hydrogen-bond acceptors (Lipinski definition) is 3. The van der Waals surface area contributed by atoms with Crippen molar-refractivity contribution >= 4 is 27.4 Å². The molecular formula is C11H18BrN3. The zero-order valence-corrected chi connectivity index (χ0v) is 11.1. The maximum Gasteiger partial charge on any atom is 0.140 e. The highest BCUT2D eigenvalue weighted by atomic mass is 79.9. The molecule has 3 nitrogen and oxygen atoms in total. The van der Waals surface area contributed by atoms with Gasteiger partial charge < -0.3 is 11.1 Å². The van der Waals surface area contributed by atoms with Crippen LogP contribution in [0.25, 0.3) is 0 Å². The Labute approximate surface area is 99.6 Å². The molecule has 0 aliphatic heterocycles. The van der Waals surface area contributed by atoms with Crippen LogP contribution in [0.1, 0.15) is 25.8 Å². The lowest BCUT2D eigenvalue weighted by molar-refractivity contribution is 0.592. The second-order valence-electron chi connectivity index (χ2n) is 3.90. The van der Waals surface area contributed by atoms with Gasteiger partial charge >= 0.3 is 0 Å². The molecule has 0 saturated carbocycles. The van der Waals surface area contributed by atoms with Crippen LogP contribution < -0.4 is 11.1 Å². The number of nitrogen functional groups attached to an aromatic ring is 1. The number of hydrogen-bond donors (Lipinski definition) is 2. The van der Waals surface area contributed by atoms with Crippen molar-refractivity contribution < 1.29 is 0 Å². The van der Waals surface area contributed by atoms with Gasteiger partial charge in [-0.1, -0.05) is 20.3 Å². The summed E-state index contributed by atoms with van der Waals surface area (Å²) < 4.78 is 0.964. The predicted molar refractivity (Wildman–Crippen MR) is 69.0 cm³/mol. The molecule has 1 aromatic heterocycles. The Hall–Kier alpha value is -0.770. The lowest BCUT2D eigenvalue weighted by Gasteiger charge is -2.13. The van der Waals surface area contributed by atoms with E-state index in [-0.39, 0.29) is 0 Å². The van der Waals surface area contributed by atoms with Crippen LogP contribution in [0.2, 0.25) is 0 Å². The Kier molecular flexibility index (Phi) is 4.39. The van der Waals surface area contributed by atoms with Crippen LogP contribution in [0.4, 0.5) is 11.5 Å². The first kappa shape index (κ1) is 12.3. The largest absolute Gasteiger partial charge is 0.397 e. The molecule has 84 valence electrons. The van der Waals surface area contributed by atoms with Crippen molar-refractivity contribution in [1.82, 2.24) is 4.98 Å². The number of nitrogens with zero attached hydrogens (tertiary/aromatic N) is 1. The Balaban J connectivity index is 2.74. The van der Waals surface area contributed by atoms with Crippen LogP contribution >= 0.6 is 15.9 Å². The van der Waals surface area contributed by atoms with Gasteiger partial charge in [0.25, 0.3) is 0 Å². The molecule has 1 atom stereocenters. The summed E-state index contributed by atoms with van der Waals surface area (Å²) in [4.78, 5) is 4.26. The number of anilines is 2. The molecule has 1 rings (SSSR count). The fourth-order valence-corrected chi connectivity index (χ4v) is 1.60. The summed E-state index contributed by atoms with van der Waals surface area (Å²) in [5.41, 5.74) is 7.51. The molecule has 1 aromatic rings. The summed E-state index contributed by atoms with van der Waals surface area (Å²) in [7, 11) is 0. The van der Waals surface area contributed by atoms with Crippen LogP contribution in [-0.2, 0) is 0 Å². The van der Waals surface area contributed by atoms with Crippen LogP contribution in [0.15, 0.2) is 10.7 Å². The normalized spacial score (nSPS) is 12.5. The molecule has 4 heteroatoms. The quantitative estimate of drug-likeness (QED) is 0.885. The highest BCUT2D eigenvalue weighted by Crippen LogP contribution is 2.27. The highest BCUT2D eigenvalue weighted by Gasteiger charge is 2.07. The third-order valence-corrected chi connectivity index (χ3v) is 3.59. The number of rotatable bonds is 4. The van der Waals surface area contributed by atoms with Gasteiger partial charge in [-0.25, -0.2) is 4.98 Å². The predicted octanol–water partition coefficient (Wildman–Crippen LogP) is 3.19. The average Bonchev–Trinajstić information content (AvgIpc) is 2.24. The van der Waals surface area contributed by atoms with Crippen LogP contribution in [-0.4, -0.2) is 11.5 Å². The standard InChI is InChI=1S/C11H18BrN3/c1-4-7(2)5-14-11-10(12)8(3)9(13)6-15-11/h6-7H,4-5,13H2,1-3H3,(H,14,15). The summed E-state index contributed by atoms with van der Waals surface area (Å²) in [6.45, 7) is 7.31. The zero-order chi connectivity index (χ0) is 11.4. The van der Waals surface area contributed by atoms with E-state index < -0.39 is 0 Å². The molecular weight excluding hydrogens is 254 g/mol. The third kappa shape index (κ3) is 3.09. The highest BCUT2D eigenvalue weighted by molar-refractivity contribution is 9.10. The molecule has 0 saturated heterocycles. The molecule has 0 bridgehead atoms. The first-order valence-corrected chi connectivity index (χ1v) is 6.00. The van der Waals surface area contributed by atoms with Gasteiger partial charge in [-0.2, -0.15) is 0 Å². The summed E-state index contributed by atoms with van der Waals surface area (Å²) in [5, 5.41) is 3.32. The summed E-state index contributed by atoms with van der Waals surface area (Å²) in [6.07, 6.45) is 2.86. The molecule has 0 fully saturated rings. The van der Waals surface area contributed by atoms with E-state index in [9.17, 15) is 0 Å². The van der Waals surface area contributed by atoms with Crippen molar-refractivity contribution in [1.29, 1.82) is 0 Å². The second-order valence-corrected chi connectivity index (χ2v) is 4.69.